The van der Waals surface area contributed by atoms with Crippen LogP contribution in [0.15, 0.2) is 47.1 Å². The van der Waals surface area contributed by atoms with Crippen LogP contribution in [0.4, 0.5) is 10.8 Å². The smallest absolute Gasteiger partial charge is 0.293 e. The molecule has 26 heavy (non-hydrogen) atoms. The summed E-state index contributed by atoms with van der Waals surface area (Å²) in [6.07, 6.45) is 1.78. The zero-order valence-electron chi connectivity index (χ0n) is 13.4. The molecule has 1 fully saturated rings. The van der Waals surface area contributed by atoms with E-state index in [-0.39, 0.29) is 23.5 Å². The molecule has 1 aromatic carbocycles. The second-order valence-corrected chi connectivity index (χ2v) is 7.20. The summed E-state index contributed by atoms with van der Waals surface area (Å²) in [5.41, 5.74) is 0.803. The van der Waals surface area contributed by atoms with Crippen molar-refractivity contribution < 1.29 is 14.0 Å². The van der Waals surface area contributed by atoms with Gasteiger partial charge < -0.3 is 9.32 Å². The van der Waals surface area contributed by atoms with E-state index in [0.717, 1.165) is 5.69 Å². The molecule has 1 aliphatic heterocycles. The van der Waals surface area contributed by atoms with Crippen LogP contribution >= 0.6 is 22.9 Å². The molecule has 7 nitrogen and oxygen atoms in total. The number of halogens is 1. The number of furan rings is 1. The summed E-state index contributed by atoms with van der Waals surface area (Å²) in [5, 5.41) is 12.5. The van der Waals surface area contributed by atoms with Gasteiger partial charge in [-0.2, -0.15) is 0 Å². The van der Waals surface area contributed by atoms with Crippen LogP contribution in [0.3, 0.4) is 0 Å². The van der Waals surface area contributed by atoms with Gasteiger partial charge >= 0.3 is 0 Å². The van der Waals surface area contributed by atoms with E-state index in [4.69, 9.17) is 16.0 Å². The Bertz CT molecular complexity index is 939. The molecule has 132 valence electrons. The molecule has 1 N–H and O–H groups in total. The minimum Gasteiger partial charge on any atom is -0.459 e. The first-order valence-electron chi connectivity index (χ1n) is 7.84. The van der Waals surface area contributed by atoms with E-state index >= 15 is 0 Å². The molecule has 3 aromatic rings. The van der Waals surface area contributed by atoms with Crippen molar-refractivity contribution in [3.8, 4) is 0 Å². The minimum absolute atomic E-state index is 0.0219. The van der Waals surface area contributed by atoms with E-state index in [0.29, 0.717) is 28.1 Å². The van der Waals surface area contributed by atoms with Crippen molar-refractivity contribution >= 4 is 45.6 Å². The lowest BCUT2D eigenvalue weighted by molar-refractivity contribution is -0.117. The van der Waals surface area contributed by atoms with Crippen LogP contribution in [0.5, 0.6) is 0 Å². The van der Waals surface area contributed by atoms with Gasteiger partial charge in [-0.1, -0.05) is 22.9 Å². The van der Waals surface area contributed by atoms with E-state index in [9.17, 15) is 9.59 Å². The second kappa shape index (κ2) is 6.89. The first kappa shape index (κ1) is 16.7. The van der Waals surface area contributed by atoms with Gasteiger partial charge in [-0.25, -0.2) is 0 Å². The van der Waals surface area contributed by atoms with Crippen LogP contribution in [0, 0.1) is 0 Å². The summed E-state index contributed by atoms with van der Waals surface area (Å²) in [6.45, 7) is 0.515. The average Bonchev–Trinajstić information content (AvgIpc) is 3.36. The van der Waals surface area contributed by atoms with Crippen LogP contribution in [0.25, 0.3) is 0 Å². The predicted molar refractivity (Wildman–Crippen MR) is 97.7 cm³/mol. The maximum absolute atomic E-state index is 12.4. The SMILES string of the molecule is O=C(Nc1nnc([C@@H]2CC(=O)N(c3ccc(Cl)cc3)C2)s1)c1ccco1. The third-order valence-electron chi connectivity index (χ3n) is 4.02. The third kappa shape index (κ3) is 3.33. The van der Waals surface area contributed by atoms with Crippen LogP contribution in [0.2, 0.25) is 5.02 Å². The number of aromatic nitrogens is 2. The molecular formula is C17H13ClN4O3S. The number of nitrogens with zero attached hydrogens (tertiary/aromatic N) is 3. The number of rotatable bonds is 4. The first-order chi connectivity index (χ1) is 12.6. The highest BCUT2D eigenvalue weighted by molar-refractivity contribution is 7.15. The average molecular weight is 389 g/mol. The molecule has 4 rings (SSSR count). The Kier molecular flexibility index (Phi) is 4.44. The fourth-order valence-corrected chi connectivity index (χ4v) is 3.72. The molecule has 0 radical (unpaired) electrons. The Hall–Kier alpha value is -2.71. The molecule has 2 aromatic heterocycles. The van der Waals surface area contributed by atoms with Crippen molar-refractivity contribution in [3.05, 3.63) is 58.5 Å². The lowest BCUT2D eigenvalue weighted by atomic mass is 10.1. The van der Waals surface area contributed by atoms with Crippen LogP contribution in [0.1, 0.15) is 27.9 Å². The molecule has 9 heteroatoms. The van der Waals surface area contributed by atoms with Crippen molar-refractivity contribution in [3.63, 3.8) is 0 Å². The normalized spacial score (nSPS) is 16.9. The number of carbonyl (C=O) groups excluding carboxylic acids is 2. The van der Waals surface area contributed by atoms with Gasteiger partial charge in [0.1, 0.15) is 5.01 Å². The van der Waals surface area contributed by atoms with E-state index in [1.165, 1.54) is 17.6 Å². The van der Waals surface area contributed by atoms with Gasteiger partial charge in [-0.05, 0) is 36.4 Å². The molecule has 1 aliphatic rings. The number of amides is 2. The molecule has 0 unspecified atom stereocenters. The highest BCUT2D eigenvalue weighted by Gasteiger charge is 2.34. The Morgan fingerprint density at radius 1 is 1.27 bits per heavy atom. The van der Waals surface area contributed by atoms with Gasteiger partial charge in [0.2, 0.25) is 11.0 Å². The fraction of sp³-hybridized carbons (Fsp3) is 0.176. The quantitative estimate of drug-likeness (QED) is 0.738. The Morgan fingerprint density at radius 2 is 2.08 bits per heavy atom. The lowest BCUT2D eigenvalue weighted by Gasteiger charge is -2.16. The minimum atomic E-state index is -0.386. The molecule has 1 atom stereocenters. The molecule has 0 aliphatic carbocycles. The summed E-state index contributed by atoms with van der Waals surface area (Å²) in [4.78, 5) is 26.0. The largest absolute Gasteiger partial charge is 0.459 e. The van der Waals surface area contributed by atoms with Gasteiger partial charge in [0.15, 0.2) is 5.76 Å². The van der Waals surface area contributed by atoms with E-state index in [1.54, 1.807) is 29.2 Å². The molecular weight excluding hydrogens is 376 g/mol. The van der Waals surface area contributed by atoms with Crippen LogP contribution < -0.4 is 10.2 Å². The Labute approximate surface area is 157 Å². The predicted octanol–water partition coefficient (Wildman–Crippen LogP) is 3.56. The van der Waals surface area contributed by atoms with Crippen LogP contribution in [-0.2, 0) is 4.79 Å². The lowest BCUT2D eigenvalue weighted by Crippen LogP contribution is -2.24. The molecule has 1 saturated heterocycles. The third-order valence-corrected chi connectivity index (χ3v) is 5.27. The standard InChI is InChI=1S/C17H13ClN4O3S/c18-11-3-5-12(6-4-11)22-9-10(8-14(22)23)16-20-21-17(26-16)19-15(24)13-2-1-7-25-13/h1-7,10H,8-9H2,(H,19,21,24)/t10-/m1/s1. The summed E-state index contributed by atoms with van der Waals surface area (Å²) >= 11 is 7.16. The highest BCUT2D eigenvalue weighted by atomic mass is 35.5. The zero-order chi connectivity index (χ0) is 18.1. The van der Waals surface area contributed by atoms with Gasteiger partial charge in [-0.3, -0.25) is 14.9 Å². The molecule has 0 spiro atoms. The van der Waals surface area contributed by atoms with Crippen LogP contribution in [-0.4, -0.2) is 28.6 Å². The summed E-state index contributed by atoms with van der Waals surface area (Å²) in [7, 11) is 0. The number of hydrogen-bond donors (Lipinski definition) is 1. The summed E-state index contributed by atoms with van der Waals surface area (Å²) in [6, 6.07) is 10.3. The monoisotopic (exact) mass is 388 g/mol. The van der Waals surface area contributed by atoms with Crippen molar-refractivity contribution in [2.45, 2.75) is 12.3 Å². The van der Waals surface area contributed by atoms with Crippen molar-refractivity contribution in [1.82, 2.24) is 10.2 Å². The topological polar surface area (TPSA) is 88.3 Å². The van der Waals surface area contributed by atoms with Crippen molar-refractivity contribution in [2.75, 3.05) is 16.8 Å². The molecule has 0 bridgehead atoms. The second-order valence-electron chi connectivity index (χ2n) is 5.76. The van der Waals surface area contributed by atoms with E-state index in [2.05, 4.69) is 15.5 Å². The maximum Gasteiger partial charge on any atom is 0.293 e. The fourth-order valence-electron chi connectivity index (χ4n) is 2.76. The Balaban J connectivity index is 1.45. The maximum atomic E-state index is 12.4. The molecule has 2 amide bonds. The van der Waals surface area contributed by atoms with Crippen molar-refractivity contribution in [1.29, 1.82) is 0 Å². The van der Waals surface area contributed by atoms with Gasteiger partial charge in [0.05, 0.1) is 6.26 Å². The first-order valence-corrected chi connectivity index (χ1v) is 9.04. The summed E-state index contributed by atoms with van der Waals surface area (Å²) in [5.74, 6) is -0.228. The van der Waals surface area contributed by atoms with E-state index < -0.39 is 0 Å². The number of nitrogens with one attached hydrogen (secondary N) is 1. The zero-order valence-corrected chi connectivity index (χ0v) is 15.0. The van der Waals surface area contributed by atoms with Gasteiger partial charge in [-0.15, -0.1) is 10.2 Å². The number of carbonyl (C=O) groups is 2. The number of hydrogen-bond acceptors (Lipinski definition) is 6. The number of benzene rings is 1. The summed E-state index contributed by atoms with van der Waals surface area (Å²) < 4.78 is 5.04. The van der Waals surface area contributed by atoms with Gasteiger partial charge in [0, 0.05) is 29.6 Å². The Morgan fingerprint density at radius 3 is 2.81 bits per heavy atom. The number of anilines is 2. The van der Waals surface area contributed by atoms with E-state index in [1.807, 2.05) is 12.1 Å². The molecule has 0 saturated carbocycles. The van der Waals surface area contributed by atoms with Gasteiger partial charge in [0.25, 0.3) is 5.91 Å². The highest BCUT2D eigenvalue weighted by Crippen LogP contribution is 2.34. The van der Waals surface area contributed by atoms with Crippen molar-refractivity contribution in [2.24, 2.45) is 0 Å². The molecule has 3 heterocycles.